The Balaban J connectivity index is 2.69. The van der Waals surface area contributed by atoms with Crippen LogP contribution in [0.3, 0.4) is 0 Å². The van der Waals surface area contributed by atoms with Crippen molar-refractivity contribution < 1.29 is 5.21 Å². The van der Waals surface area contributed by atoms with Gasteiger partial charge in [-0.2, -0.15) is 0 Å². The second-order valence-electron chi connectivity index (χ2n) is 2.41. The predicted molar refractivity (Wildman–Crippen MR) is 56.3 cm³/mol. The second-order valence-corrected chi connectivity index (χ2v) is 3.49. The zero-order chi connectivity index (χ0) is 9.52. The van der Waals surface area contributed by atoms with Gasteiger partial charge in [-0.1, -0.05) is 35.5 Å². The number of rotatable bonds is 3. The lowest BCUT2D eigenvalue weighted by Gasteiger charge is -2.01. The van der Waals surface area contributed by atoms with Gasteiger partial charge in [-0.05, 0) is 0 Å². The van der Waals surface area contributed by atoms with E-state index in [0.29, 0.717) is 11.6 Å². The fraction of sp³-hybridized carbons (Fsp3) is 0.222. The van der Waals surface area contributed by atoms with Crippen molar-refractivity contribution in [2.24, 2.45) is 10.9 Å². The molecule has 1 aromatic rings. The van der Waals surface area contributed by atoms with Crippen LogP contribution in [0.25, 0.3) is 0 Å². The fourth-order valence-electron chi connectivity index (χ4n) is 0.906. The standard InChI is InChI=1S/C9H12N2OS/c10-6-7-13-9(11-12)8-4-2-1-3-5-8/h1-5,12H,6-7,10H2. The van der Waals surface area contributed by atoms with Gasteiger partial charge < -0.3 is 10.9 Å². The molecule has 0 atom stereocenters. The number of hydrogen-bond donors (Lipinski definition) is 2. The Morgan fingerprint density at radius 3 is 2.62 bits per heavy atom. The summed E-state index contributed by atoms with van der Waals surface area (Å²) >= 11 is 1.45. The molecule has 0 aliphatic carbocycles. The van der Waals surface area contributed by atoms with Crippen LogP contribution in [0, 0.1) is 0 Å². The average molecular weight is 196 g/mol. The lowest BCUT2D eigenvalue weighted by molar-refractivity contribution is 0.321. The topological polar surface area (TPSA) is 58.6 Å². The Morgan fingerprint density at radius 2 is 2.08 bits per heavy atom. The molecule has 1 aromatic carbocycles. The van der Waals surface area contributed by atoms with Crippen molar-refractivity contribution >= 4 is 16.8 Å². The van der Waals surface area contributed by atoms with E-state index in [9.17, 15) is 0 Å². The third-order valence-corrected chi connectivity index (χ3v) is 2.50. The summed E-state index contributed by atoms with van der Waals surface area (Å²) in [6, 6.07) is 9.54. The van der Waals surface area contributed by atoms with Crippen LogP contribution < -0.4 is 5.73 Å². The van der Waals surface area contributed by atoms with Crippen LogP contribution in [0.2, 0.25) is 0 Å². The maximum atomic E-state index is 8.73. The number of thioether (sulfide) groups is 1. The van der Waals surface area contributed by atoms with Crippen molar-refractivity contribution in [3.05, 3.63) is 35.9 Å². The molecular weight excluding hydrogens is 184 g/mol. The summed E-state index contributed by atoms with van der Waals surface area (Å²) in [5, 5.41) is 12.6. The minimum atomic E-state index is 0.580. The Morgan fingerprint density at radius 1 is 1.38 bits per heavy atom. The van der Waals surface area contributed by atoms with E-state index in [1.807, 2.05) is 30.3 Å². The smallest absolute Gasteiger partial charge is 0.143 e. The molecule has 0 bridgehead atoms. The maximum Gasteiger partial charge on any atom is 0.143 e. The quantitative estimate of drug-likeness (QED) is 0.333. The summed E-state index contributed by atoms with van der Waals surface area (Å²) in [6.07, 6.45) is 0. The zero-order valence-electron chi connectivity index (χ0n) is 7.18. The fourth-order valence-corrected chi connectivity index (χ4v) is 1.58. The van der Waals surface area contributed by atoms with E-state index in [-0.39, 0.29) is 0 Å². The molecule has 0 heterocycles. The molecule has 0 aromatic heterocycles. The van der Waals surface area contributed by atoms with Gasteiger partial charge >= 0.3 is 0 Å². The van der Waals surface area contributed by atoms with E-state index in [2.05, 4.69) is 5.16 Å². The van der Waals surface area contributed by atoms with Gasteiger partial charge in [-0.25, -0.2) is 0 Å². The summed E-state index contributed by atoms with van der Waals surface area (Å²) in [4.78, 5) is 0. The van der Waals surface area contributed by atoms with Crippen molar-refractivity contribution in [2.75, 3.05) is 12.3 Å². The number of nitrogens with zero attached hydrogens (tertiary/aromatic N) is 1. The van der Waals surface area contributed by atoms with E-state index in [1.54, 1.807) is 0 Å². The van der Waals surface area contributed by atoms with Crippen LogP contribution in [-0.2, 0) is 0 Å². The molecule has 0 unspecified atom stereocenters. The van der Waals surface area contributed by atoms with Crippen LogP contribution in [-0.4, -0.2) is 22.5 Å². The van der Waals surface area contributed by atoms with Gasteiger partial charge in [0.1, 0.15) is 5.04 Å². The monoisotopic (exact) mass is 196 g/mol. The van der Waals surface area contributed by atoms with Gasteiger partial charge in [0.05, 0.1) is 0 Å². The summed E-state index contributed by atoms with van der Waals surface area (Å²) in [5.41, 5.74) is 6.27. The summed E-state index contributed by atoms with van der Waals surface area (Å²) in [6.45, 7) is 0.580. The van der Waals surface area contributed by atoms with Crippen molar-refractivity contribution in [2.45, 2.75) is 0 Å². The highest BCUT2D eigenvalue weighted by Crippen LogP contribution is 2.12. The SMILES string of the molecule is NCCSC(=NO)c1ccccc1. The van der Waals surface area contributed by atoms with E-state index >= 15 is 0 Å². The zero-order valence-corrected chi connectivity index (χ0v) is 8.00. The minimum absolute atomic E-state index is 0.580. The molecule has 0 amide bonds. The lowest BCUT2D eigenvalue weighted by atomic mass is 10.2. The van der Waals surface area contributed by atoms with E-state index < -0.39 is 0 Å². The molecule has 3 N–H and O–H groups in total. The van der Waals surface area contributed by atoms with Gasteiger partial charge in [0, 0.05) is 17.9 Å². The highest BCUT2D eigenvalue weighted by Gasteiger charge is 2.02. The molecule has 0 aliphatic rings. The Bertz CT molecular complexity index is 274. The van der Waals surface area contributed by atoms with Gasteiger partial charge in [-0.3, -0.25) is 0 Å². The Labute approximate surface area is 81.6 Å². The Hall–Kier alpha value is -1.00. The third kappa shape index (κ3) is 3.08. The molecule has 1 rings (SSSR count). The predicted octanol–water partition coefficient (Wildman–Crippen LogP) is 1.51. The molecule has 4 heteroatoms. The number of oxime groups is 1. The first kappa shape index (κ1) is 10.1. The van der Waals surface area contributed by atoms with Gasteiger partial charge in [0.2, 0.25) is 0 Å². The molecule has 0 aliphatic heterocycles. The van der Waals surface area contributed by atoms with Gasteiger partial charge in [0.15, 0.2) is 0 Å². The van der Waals surface area contributed by atoms with Crippen molar-refractivity contribution in [1.82, 2.24) is 0 Å². The van der Waals surface area contributed by atoms with Crippen LogP contribution in [0.1, 0.15) is 5.56 Å². The van der Waals surface area contributed by atoms with E-state index in [4.69, 9.17) is 10.9 Å². The van der Waals surface area contributed by atoms with Crippen molar-refractivity contribution in [3.8, 4) is 0 Å². The highest BCUT2D eigenvalue weighted by atomic mass is 32.2. The normalized spacial score (nSPS) is 11.6. The largest absolute Gasteiger partial charge is 0.410 e. The van der Waals surface area contributed by atoms with Crippen molar-refractivity contribution in [1.29, 1.82) is 0 Å². The molecule has 0 radical (unpaired) electrons. The lowest BCUT2D eigenvalue weighted by Crippen LogP contribution is -2.05. The summed E-state index contributed by atoms with van der Waals surface area (Å²) in [7, 11) is 0. The minimum Gasteiger partial charge on any atom is -0.410 e. The average Bonchev–Trinajstić information content (AvgIpc) is 2.21. The maximum absolute atomic E-state index is 8.73. The van der Waals surface area contributed by atoms with Crippen LogP contribution in [0.15, 0.2) is 35.5 Å². The molecular formula is C9H12N2OS. The summed E-state index contributed by atoms with van der Waals surface area (Å²) < 4.78 is 0. The second kappa shape index (κ2) is 5.61. The first-order valence-electron chi connectivity index (χ1n) is 3.99. The third-order valence-electron chi connectivity index (χ3n) is 1.47. The van der Waals surface area contributed by atoms with Gasteiger partial charge in [0.25, 0.3) is 0 Å². The Kier molecular flexibility index (Phi) is 4.35. The molecule has 70 valence electrons. The molecule has 0 spiro atoms. The molecule has 0 saturated heterocycles. The molecule has 0 saturated carbocycles. The summed E-state index contributed by atoms with van der Waals surface area (Å²) in [5.74, 6) is 0.758. The van der Waals surface area contributed by atoms with Crippen molar-refractivity contribution in [3.63, 3.8) is 0 Å². The number of hydrogen-bond acceptors (Lipinski definition) is 4. The highest BCUT2D eigenvalue weighted by molar-refractivity contribution is 8.14. The first-order valence-corrected chi connectivity index (χ1v) is 4.97. The molecule has 13 heavy (non-hydrogen) atoms. The molecule has 3 nitrogen and oxygen atoms in total. The van der Waals surface area contributed by atoms with Crippen LogP contribution >= 0.6 is 11.8 Å². The molecule has 0 fully saturated rings. The van der Waals surface area contributed by atoms with Crippen LogP contribution in [0.5, 0.6) is 0 Å². The number of nitrogens with two attached hydrogens (primary N) is 1. The van der Waals surface area contributed by atoms with E-state index in [1.165, 1.54) is 11.8 Å². The van der Waals surface area contributed by atoms with Gasteiger partial charge in [-0.15, -0.1) is 11.8 Å². The van der Waals surface area contributed by atoms with Crippen LogP contribution in [0.4, 0.5) is 0 Å². The first-order chi connectivity index (χ1) is 6.38. The van der Waals surface area contributed by atoms with E-state index in [0.717, 1.165) is 11.3 Å². The number of benzene rings is 1.